The topological polar surface area (TPSA) is 70.7 Å². The number of benzene rings is 2. The van der Waals surface area contributed by atoms with Crippen LogP contribution >= 0.6 is 0 Å². The molecule has 1 fully saturated rings. The quantitative estimate of drug-likeness (QED) is 0.579. The lowest BCUT2D eigenvalue weighted by molar-refractivity contribution is -0.133. The predicted octanol–water partition coefficient (Wildman–Crippen LogP) is 2.65. The Labute approximate surface area is 184 Å². The van der Waals surface area contributed by atoms with Crippen LogP contribution in [0.25, 0.3) is 6.08 Å². The average molecular weight is 422 g/mol. The summed E-state index contributed by atoms with van der Waals surface area (Å²) in [4.78, 5) is 26.9. The fraction of sp³-hybridized carbons (Fsp3) is 0.360. The number of carbonyl (C=O) groups excluding carboxylic acids is 2. The number of carbonyl (C=O) groups is 2. The second-order valence-corrected chi connectivity index (χ2v) is 7.59. The van der Waals surface area contributed by atoms with E-state index in [4.69, 9.17) is 4.74 Å². The van der Waals surface area contributed by atoms with E-state index in [9.17, 15) is 9.59 Å². The van der Waals surface area contributed by atoms with E-state index in [0.29, 0.717) is 26.2 Å². The highest BCUT2D eigenvalue weighted by Crippen LogP contribution is 2.19. The summed E-state index contributed by atoms with van der Waals surface area (Å²) >= 11 is 0. The summed E-state index contributed by atoms with van der Waals surface area (Å²) < 4.78 is 5.37. The van der Waals surface area contributed by atoms with Crippen molar-refractivity contribution in [3.8, 4) is 5.75 Å². The minimum Gasteiger partial charge on any atom is -0.496 e. The number of piperazine rings is 1. The van der Waals surface area contributed by atoms with Crippen molar-refractivity contribution in [3.63, 3.8) is 0 Å². The summed E-state index contributed by atoms with van der Waals surface area (Å²) in [5.74, 6) is 0.631. The number of nitrogens with one attached hydrogen (secondary N) is 2. The lowest BCUT2D eigenvalue weighted by Gasteiger charge is -2.33. The smallest absolute Gasteiger partial charge is 0.237 e. The van der Waals surface area contributed by atoms with Gasteiger partial charge in [-0.25, -0.2) is 0 Å². The van der Waals surface area contributed by atoms with Gasteiger partial charge >= 0.3 is 0 Å². The van der Waals surface area contributed by atoms with Crippen molar-refractivity contribution >= 4 is 17.9 Å². The van der Waals surface area contributed by atoms with Crippen LogP contribution in [0.5, 0.6) is 5.75 Å². The van der Waals surface area contributed by atoms with Gasteiger partial charge in [0.1, 0.15) is 5.75 Å². The van der Waals surface area contributed by atoms with E-state index in [-0.39, 0.29) is 18.2 Å². The van der Waals surface area contributed by atoms with Gasteiger partial charge in [0, 0.05) is 31.7 Å². The van der Waals surface area contributed by atoms with Crippen LogP contribution in [0, 0.1) is 0 Å². The molecule has 3 rings (SSSR count). The number of amides is 2. The molecule has 164 valence electrons. The minimum atomic E-state index is -0.454. The third-order valence-corrected chi connectivity index (χ3v) is 5.40. The maximum absolute atomic E-state index is 12.4. The van der Waals surface area contributed by atoms with Gasteiger partial charge in [-0.15, -0.1) is 0 Å². The van der Waals surface area contributed by atoms with Gasteiger partial charge in [0.15, 0.2) is 0 Å². The second kappa shape index (κ2) is 11.9. The Morgan fingerprint density at radius 3 is 2.77 bits per heavy atom. The number of ether oxygens (including phenoxy) is 1. The van der Waals surface area contributed by atoms with E-state index in [1.54, 1.807) is 7.11 Å². The molecular weight excluding hydrogens is 390 g/mol. The Bertz CT molecular complexity index is 883. The van der Waals surface area contributed by atoms with Crippen molar-refractivity contribution in [3.05, 3.63) is 71.8 Å². The van der Waals surface area contributed by atoms with Gasteiger partial charge in [-0.1, -0.05) is 60.7 Å². The average Bonchev–Trinajstić information content (AvgIpc) is 2.80. The van der Waals surface area contributed by atoms with Crippen molar-refractivity contribution in [1.82, 2.24) is 15.5 Å². The molecule has 6 heteroatoms. The summed E-state index contributed by atoms with van der Waals surface area (Å²) in [7, 11) is 1.65. The molecule has 0 aliphatic carbocycles. The zero-order valence-corrected chi connectivity index (χ0v) is 18.0. The lowest BCUT2D eigenvalue weighted by atomic mass is 10.1. The molecule has 2 aromatic carbocycles. The van der Waals surface area contributed by atoms with Crippen molar-refractivity contribution in [2.75, 3.05) is 33.3 Å². The molecule has 31 heavy (non-hydrogen) atoms. The van der Waals surface area contributed by atoms with E-state index >= 15 is 0 Å². The van der Waals surface area contributed by atoms with Crippen molar-refractivity contribution in [2.24, 2.45) is 0 Å². The highest BCUT2D eigenvalue weighted by atomic mass is 16.5. The summed E-state index contributed by atoms with van der Waals surface area (Å²) in [6.07, 6.45) is 5.97. The van der Waals surface area contributed by atoms with Crippen LogP contribution in [0.15, 0.2) is 60.7 Å². The fourth-order valence-electron chi connectivity index (χ4n) is 3.73. The molecule has 2 N–H and O–H groups in total. The van der Waals surface area contributed by atoms with Crippen molar-refractivity contribution in [2.45, 2.75) is 25.3 Å². The maximum atomic E-state index is 12.4. The highest BCUT2D eigenvalue weighted by Gasteiger charge is 2.30. The molecule has 0 radical (unpaired) electrons. The van der Waals surface area contributed by atoms with Gasteiger partial charge in [0.25, 0.3) is 0 Å². The van der Waals surface area contributed by atoms with Crippen LogP contribution in [0.4, 0.5) is 0 Å². The Balaban J connectivity index is 1.48. The van der Waals surface area contributed by atoms with Gasteiger partial charge in [0.05, 0.1) is 19.6 Å². The highest BCUT2D eigenvalue weighted by molar-refractivity contribution is 5.88. The molecule has 0 bridgehead atoms. The maximum Gasteiger partial charge on any atom is 0.237 e. The second-order valence-electron chi connectivity index (χ2n) is 7.59. The Hall–Kier alpha value is -3.12. The Morgan fingerprint density at radius 1 is 1.19 bits per heavy atom. The van der Waals surface area contributed by atoms with Gasteiger partial charge in [-0.05, 0) is 24.5 Å². The number of hydrogen-bond acceptors (Lipinski definition) is 4. The molecule has 1 unspecified atom stereocenters. The molecule has 0 saturated carbocycles. The number of rotatable bonds is 10. The largest absolute Gasteiger partial charge is 0.496 e. The first-order valence-electron chi connectivity index (χ1n) is 10.8. The molecular formula is C25H31N3O3. The van der Waals surface area contributed by atoms with Crippen LogP contribution in [0.2, 0.25) is 0 Å². The third kappa shape index (κ3) is 6.96. The number of para-hydroxylation sites is 1. The Kier molecular flexibility index (Phi) is 8.67. The Morgan fingerprint density at radius 2 is 1.97 bits per heavy atom. The van der Waals surface area contributed by atoms with E-state index < -0.39 is 6.04 Å². The fourth-order valence-corrected chi connectivity index (χ4v) is 3.73. The standard InChI is InChI=1S/C25H31N3O3/c1-31-23-14-6-5-12-21(23)13-8-17-28-18-16-27-25(30)22(28)19-24(29)26-15-7-11-20-9-3-2-4-10-20/h2-6,8-10,12-14,22H,7,11,15-19H2,1H3,(H,26,29)(H,27,30). The molecule has 1 saturated heterocycles. The first-order chi connectivity index (χ1) is 15.2. The first-order valence-corrected chi connectivity index (χ1v) is 10.8. The van der Waals surface area contributed by atoms with Crippen LogP contribution in [-0.4, -0.2) is 56.0 Å². The van der Waals surface area contributed by atoms with E-state index in [1.165, 1.54) is 5.56 Å². The van der Waals surface area contributed by atoms with Crippen LogP contribution in [0.1, 0.15) is 24.0 Å². The van der Waals surface area contributed by atoms with Gasteiger partial charge in [-0.3, -0.25) is 14.5 Å². The SMILES string of the molecule is COc1ccccc1C=CCN1CCNC(=O)C1CC(=O)NCCCc1ccccc1. The number of methoxy groups -OCH3 is 1. The van der Waals surface area contributed by atoms with Crippen LogP contribution < -0.4 is 15.4 Å². The summed E-state index contributed by atoms with van der Waals surface area (Å²) in [5, 5.41) is 5.84. The molecule has 1 atom stereocenters. The molecule has 6 nitrogen and oxygen atoms in total. The zero-order valence-electron chi connectivity index (χ0n) is 18.0. The van der Waals surface area contributed by atoms with E-state index in [0.717, 1.165) is 24.2 Å². The van der Waals surface area contributed by atoms with Gasteiger partial charge in [-0.2, -0.15) is 0 Å². The molecule has 0 aromatic heterocycles. The number of hydrogen-bond donors (Lipinski definition) is 2. The lowest BCUT2D eigenvalue weighted by Crippen LogP contribution is -2.56. The predicted molar refractivity (Wildman–Crippen MR) is 123 cm³/mol. The van der Waals surface area contributed by atoms with Crippen molar-refractivity contribution < 1.29 is 14.3 Å². The number of aryl methyl sites for hydroxylation is 1. The molecule has 2 aromatic rings. The zero-order chi connectivity index (χ0) is 21.9. The first kappa shape index (κ1) is 22.6. The normalized spacial score (nSPS) is 16.8. The van der Waals surface area contributed by atoms with E-state index in [2.05, 4.69) is 22.8 Å². The molecule has 1 heterocycles. The van der Waals surface area contributed by atoms with Gasteiger partial charge in [0.2, 0.25) is 11.8 Å². The third-order valence-electron chi connectivity index (χ3n) is 5.40. The molecule has 2 amide bonds. The van der Waals surface area contributed by atoms with Crippen LogP contribution in [0.3, 0.4) is 0 Å². The van der Waals surface area contributed by atoms with Crippen molar-refractivity contribution in [1.29, 1.82) is 0 Å². The molecule has 1 aliphatic rings. The van der Waals surface area contributed by atoms with Crippen LogP contribution in [-0.2, 0) is 16.0 Å². The molecule has 1 aliphatic heterocycles. The minimum absolute atomic E-state index is 0.0867. The summed E-state index contributed by atoms with van der Waals surface area (Å²) in [6, 6.07) is 17.6. The summed E-state index contributed by atoms with van der Waals surface area (Å²) in [5.41, 5.74) is 2.25. The number of nitrogens with zero attached hydrogens (tertiary/aromatic N) is 1. The van der Waals surface area contributed by atoms with E-state index in [1.807, 2.05) is 59.5 Å². The molecule has 0 spiro atoms. The summed E-state index contributed by atoms with van der Waals surface area (Å²) in [6.45, 7) is 2.51. The monoisotopic (exact) mass is 421 g/mol. The van der Waals surface area contributed by atoms with Gasteiger partial charge < -0.3 is 15.4 Å².